The van der Waals surface area contributed by atoms with Crippen molar-refractivity contribution in [2.75, 3.05) is 5.32 Å². The summed E-state index contributed by atoms with van der Waals surface area (Å²) in [5.41, 5.74) is 7.40. The Morgan fingerprint density at radius 2 is 2.04 bits per heavy atom. The highest BCUT2D eigenvalue weighted by molar-refractivity contribution is 9.10. The van der Waals surface area contributed by atoms with Crippen LogP contribution in [0.3, 0.4) is 0 Å². The molecule has 0 bridgehead atoms. The third kappa shape index (κ3) is 6.33. The molecule has 0 amide bonds. The fraction of sp³-hybridized carbons (Fsp3) is 0.500. The van der Waals surface area contributed by atoms with Crippen molar-refractivity contribution in [2.45, 2.75) is 43.9 Å². The first-order valence-corrected chi connectivity index (χ1v) is 7.82. The van der Waals surface area contributed by atoms with Crippen LogP contribution in [0, 0.1) is 11.3 Å². The molecule has 6 nitrogen and oxygen atoms in total. The molecule has 10 heteroatoms. The number of nitrogens with one attached hydrogen (secondary N) is 1. The van der Waals surface area contributed by atoms with Crippen LogP contribution in [-0.4, -0.2) is 34.3 Å². The van der Waals surface area contributed by atoms with Crippen molar-refractivity contribution in [3.63, 3.8) is 0 Å². The van der Waals surface area contributed by atoms with Gasteiger partial charge in [-0.3, -0.25) is 0 Å². The van der Waals surface area contributed by atoms with Gasteiger partial charge in [0.25, 0.3) is 0 Å². The van der Waals surface area contributed by atoms with Crippen molar-refractivity contribution in [3.05, 3.63) is 22.4 Å². The van der Waals surface area contributed by atoms with Gasteiger partial charge in [0, 0.05) is 12.1 Å². The number of rotatable bonds is 2. The first-order valence-electron chi connectivity index (χ1n) is 7.03. The van der Waals surface area contributed by atoms with E-state index in [0.717, 1.165) is 23.0 Å². The lowest BCUT2D eigenvalue weighted by Gasteiger charge is -2.30. The van der Waals surface area contributed by atoms with E-state index in [-0.39, 0.29) is 6.04 Å². The predicted octanol–water partition coefficient (Wildman–Crippen LogP) is 3.03. The Morgan fingerprint density at radius 1 is 1.46 bits per heavy atom. The molecule has 0 spiro atoms. The summed E-state index contributed by atoms with van der Waals surface area (Å²) >= 11 is 3.33. The summed E-state index contributed by atoms with van der Waals surface area (Å²) in [7, 11) is 0. The van der Waals surface area contributed by atoms with Gasteiger partial charge < -0.3 is 16.2 Å². The number of hydrogen-bond acceptors (Lipinski definition) is 5. The van der Waals surface area contributed by atoms with E-state index in [1.165, 1.54) is 12.8 Å². The van der Waals surface area contributed by atoms with E-state index in [9.17, 15) is 13.2 Å². The molecule has 0 aliphatic heterocycles. The van der Waals surface area contributed by atoms with Gasteiger partial charge in [-0.25, -0.2) is 9.78 Å². The number of carbonyl (C=O) groups is 1. The minimum Gasteiger partial charge on any atom is -0.475 e. The van der Waals surface area contributed by atoms with Crippen LogP contribution < -0.4 is 11.1 Å². The van der Waals surface area contributed by atoms with Crippen molar-refractivity contribution in [2.24, 2.45) is 5.73 Å². The van der Waals surface area contributed by atoms with E-state index >= 15 is 0 Å². The Labute approximate surface area is 145 Å². The second-order valence-corrected chi connectivity index (χ2v) is 6.02. The number of aliphatic carboxylic acids is 1. The van der Waals surface area contributed by atoms with Gasteiger partial charge in [0.05, 0.1) is 16.4 Å². The molecule has 2 rings (SSSR count). The van der Waals surface area contributed by atoms with Crippen LogP contribution in [0.5, 0.6) is 0 Å². The van der Waals surface area contributed by atoms with Crippen molar-refractivity contribution < 1.29 is 23.1 Å². The molecule has 1 heterocycles. The molecule has 1 saturated carbocycles. The average Bonchev–Trinajstić information content (AvgIpc) is 2.49. The monoisotopic (exact) mass is 408 g/mol. The highest BCUT2D eigenvalue weighted by Gasteiger charge is 2.38. The third-order valence-electron chi connectivity index (χ3n) is 3.36. The lowest BCUT2D eigenvalue weighted by Crippen LogP contribution is -2.42. The summed E-state index contributed by atoms with van der Waals surface area (Å²) in [6.45, 7) is 0. The summed E-state index contributed by atoms with van der Waals surface area (Å²) in [6.07, 6.45) is 1.21. The fourth-order valence-corrected chi connectivity index (χ4v) is 2.59. The molecular formula is C14H16BrF3N4O2. The summed E-state index contributed by atoms with van der Waals surface area (Å²) in [5.74, 6) is -2.76. The van der Waals surface area contributed by atoms with Crippen LogP contribution in [0.15, 0.2) is 16.7 Å². The number of anilines is 1. The number of nitrogens with two attached hydrogens (primary N) is 1. The van der Waals surface area contributed by atoms with Crippen LogP contribution in [0.4, 0.5) is 18.9 Å². The normalized spacial score (nSPS) is 20.3. The molecule has 1 aromatic rings. The number of nitriles is 1. The van der Waals surface area contributed by atoms with Gasteiger partial charge in [-0.2, -0.15) is 18.4 Å². The van der Waals surface area contributed by atoms with Crippen molar-refractivity contribution >= 4 is 27.6 Å². The largest absolute Gasteiger partial charge is 0.490 e. The van der Waals surface area contributed by atoms with Crippen molar-refractivity contribution in [1.29, 1.82) is 5.26 Å². The van der Waals surface area contributed by atoms with Gasteiger partial charge in [-0.15, -0.1) is 0 Å². The fourth-order valence-electron chi connectivity index (χ4n) is 2.15. The molecule has 0 saturated heterocycles. The number of carboxylic acid groups (broad SMARTS) is 1. The molecule has 0 aromatic carbocycles. The Bertz CT molecular complexity index is 619. The Kier molecular flexibility index (Phi) is 7.44. The number of nitrogens with zero attached hydrogens (tertiary/aromatic N) is 2. The third-order valence-corrected chi connectivity index (χ3v) is 3.97. The smallest absolute Gasteiger partial charge is 0.475 e. The molecule has 24 heavy (non-hydrogen) atoms. The lowest BCUT2D eigenvalue weighted by atomic mass is 9.91. The molecule has 1 aliphatic rings. The molecule has 0 unspecified atom stereocenters. The average molecular weight is 409 g/mol. The minimum atomic E-state index is -5.08. The minimum absolute atomic E-state index is 0.207. The van der Waals surface area contributed by atoms with E-state index in [1.54, 1.807) is 6.20 Å². The van der Waals surface area contributed by atoms with Crippen LogP contribution in [0.25, 0.3) is 0 Å². The second kappa shape index (κ2) is 8.84. The van der Waals surface area contributed by atoms with Gasteiger partial charge in [0.15, 0.2) is 5.69 Å². The number of hydrogen-bond donors (Lipinski definition) is 3. The zero-order valence-corrected chi connectivity index (χ0v) is 14.1. The molecule has 0 radical (unpaired) electrons. The highest BCUT2D eigenvalue weighted by atomic mass is 79.9. The molecule has 4 N–H and O–H groups in total. The maximum atomic E-state index is 10.6. The lowest BCUT2D eigenvalue weighted by molar-refractivity contribution is -0.192. The number of alkyl halides is 3. The summed E-state index contributed by atoms with van der Waals surface area (Å²) in [6, 6.07) is 4.42. The van der Waals surface area contributed by atoms with Gasteiger partial charge in [0.2, 0.25) is 0 Å². The quantitative estimate of drug-likeness (QED) is 0.693. The van der Waals surface area contributed by atoms with E-state index < -0.39 is 12.1 Å². The van der Waals surface area contributed by atoms with E-state index in [2.05, 4.69) is 26.2 Å². The maximum Gasteiger partial charge on any atom is 0.490 e. The zero-order chi connectivity index (χ0) is 18.3. The Balaban J connectivity index is 0.000000351. The zero-order valence-electron chi connectivity index (χ0n) is 12.5. The summed E-state index contributed by atoms with van der Waals surface area (Å²) in [5, 5.41) is 19.3. The van der Waals surface area contributed by atoms with E-state index in [1.807, 2.05) is 12.1 Å². The van der Waals surface area contributed by atoms with Gasteiger partial charge in [-0.05, 0) is 34.8 Å². The SMILES string of the molecule is N#Cc1ncc(N[C@@H]2CCCC[C@@H]2N)cc1Br.O=C(O)C(F)(F)F. The molecular weight excluding hydrogens is 393 g/mol. The number of halogens is 4. The van der Waals surface area contributed by atoms with Gasteiger partial charge >= 0.3 is 12.1 Å². The standard InChI is InChI=1S/C12H15BrN4.C2HF3O2/c13-9-5-8(7-16-12(9)6-14)17-11-4-2-1-3-10(11)15;3-2(4,5)1(6)7/h5,7,10-11,17H,1-4,15H2;(H,6,7)/t10-,11+;/m0./s1. The first kappa shape index (κ1) is 20.2. The second-order valence-electron chi connectivity index (χ2n) is 5.17. The van der Waals surface area contributed by atoms with E-state index in [4.69, 9.17) is 20.9 Å². The summed E-state index contributed by atoms with van der Waals surface area (Å²) in [4.78, 5) is 13.0. The van der Waals surface area contributed by atoms with Gasteiger partial charge in [0.1, 0.15) is 6.07 Å². The molecule has 1 aliphatic carbocycles. The molecule has 132 valence electrons. The number of pyridine rings is 1. The number of aromatic nitrogens is 1. The van der Waals surface area contributed by atoms with Gasteiger partial charge in [-0.1, -0.05) is 12.8 Å². The first-order chi connectivity index (χ1) is 11.1. The molecule has 2 atom stereocenters. The van der Waals surface area contributed by atoms with Crippen molar-refractivity contribution in [1.82, 2.24) is 4.98 Å². The highest BCUT2D eigenvalue weighted by Crippen LogP contribution is 2.23. The maximum absolute atomic E-state index is 10.6. The molecule has 1 aromatic heterocycles. The van der Waals surface area contributed by atoms with Crippen LogP contribution >= 0.6 is 15.9 Å². The number of carboxylic acids is 1. The van der Waals surface area contributed by atoms with Crippen LogP contribution in [0.1, 0.15) is 31.4 Å². The predicted molar refractivity (Wildman–Crippen MR) is 84.2 cm³/mol. The Hall–Kier alpha value is -1.86. The molecule has 1 fully saturated rings. The Morgan fingerprint density at radius 3 is 2.50 bits per heavy atom. The van der Waals surface area contributed by atoms with Crippen LogP contribution in [-0.2, 0) is 4.79 Å². The topological polar surface area (TPSA) is 112 Å². The van der Waals surface area contributed by atoms with Crippen LogP contribution in [0.2, 0.25) is 0 Å². The summed E-state index contributed by atoms with van der Waals surface area (Å²) < 4.78 is 32.5. The van der Waals surface area contributed by atoms with Crippen molar-refractivity contribution in [3.8, 4) is 6.07 Å². The van der Waals surface area contributed by atoms with E-state index in [0.29, 0.717) is 11.7 Å².